The van der Waals surface area contributed by atoms with Crippen molar-refractivity contribution < 1.29 is 9.21 Å². The summed E-state index contributed by atoms with van der Waals surface area (Å²) in [6.07, 6.45) is 3.54. The minimum absolute atomic E-state index is 0.0475. The summed E-state index contributed by atoms with van der Waals surface area (Å²) in [5.74, 6) is -0.0475. The molecule has 5 nitrogen and oxygen atoms in total. The Hall–Kier alpha value is -2.14. The molecule has 0 bridgehead atoms. The van der Waals surface area contributed by atoms with Crippen molar-refractivity contribution in [3.05, 3.63) is 52.1 Å². The van der Waals surface area contributed by atoms with Crippen LogP contribution in [0.1, 0.15) is 30.4 Å². The Morgan fingerprint density at radius 2 is 1.91 bits per heavy atom. The van der Waals surface area contributed by atoms with E-state index in [9.17, 15) is 9.59 Å². The number of nitrogens with one attached hydrogen (secondary N) is 2. The SMILES string of the molecule is CNCCCCC(=O)Nc1ccoc(=O)cc(C)c(C)cc1. The molecule has 1 aromatic heterocycles. The van der Waals surface area contributed by atoms with Crippen molar-refractivity contribution in [2.45, 2.75) is 33.1 Å². The molecule has 0 aliphatic carbocycles. The van der Waals surface area contributed by atoms with Gasteiger partial charge in [0, 0.05) is 18.2 Å². The number of anilines is 1. The maximum absolute atomic E-state index is 11.9. The van der Waals surface area contributed by atoms with Gasteiger partial charge in [0.25, 0.3) is 0 Å². The van der Waals surface area contributed by atoms with Gasteiger partial charge in [0.1, 0.15) is 0 Å². The minimum atomic E-state index is -0.429. The predicted octanol–water partition coefficient (Wildman–Crippen LogP) is 2.71. The topological polar surface area (TPSA) is 71.3 Å². The lowest BCUT2D eigenvalue weighted by Crippen LogP contribution is -2.13. The van der Waals surface area contributed by atoms with E-state index in [1.807, 2.05) is 27.0 Å². The normalized spacial score (nSPS) is 9.95. The maximum atomic E-state index is 11.9. The summed E-state index contributed by atoms with van der Waals surface area (Å²) in [5, 5.41) is 5.87. The highest BCUT2D eigenvalue weighted by molar-refractivity contribution is 5.90. The van der Waals surface area contributed by atoms with Gasteiger partial charge in [-0.05, 0) is 63.5 Å². The molecule has 1 amide bonds. The highest BCUT2D eigenvalue weighted by Crippen LogP contribution is 2.07. The Balaban J connectivity index is 2.86. The highest BCUT2D eigenvalue weighted by atomic mass is 16.4. The van der Waals surface area contributed by atoms with Crippen LogP contribution in [-0.2, 0) is 4.79 Å². The Bertz CT molecular complexity index is 607. The van der Waals surface area contributed by atoms with Gasteiger partial charge in [0.05, 0.1) is 6.26 Å². The molecular weight excluding hydrogens is 280 g/mol. The second kappa shape index (κ2) is 9.73. The van der Waals surface area contributed by atoms with Crippen molar-refractivity contribution in [1.29, 1.82) is 0 Å². The van der Waals surface area contributed by atoms with Crippen LogP contribution in [0, 0.1) is 13.8 Å². The summed E-state index contributed by atoms with van der Waals surface area (Å²) in [6.45, 7) is 4.64. The summed E-state index contributed by atoms with van der Waals surface area (Å²) >= 11 is 0. The highest BCUT2D eigenvalue weighted by Gasteiger charge is 2.01. The molecule has 0 saturated heterocycles. The molecule has 0 saturated carbocycles. The third-order valence-corrected chi connectivity index (χ3v) is 3.27. The number of hydrogen-bond acceptors (Lipinski definition) is 4. The number of unbranched alkanes of at least 4 members (excludes halogenated alkanes) is 1. The first-order valence-corrected chi connectivity index (χ1v) is 7.42. The molecule has 0 radical (unpaired) electrons. The van der Waals surface area contributed by atoms with Crippen molar-refractivity contribution >= 4 is 11.6 Å². The van der Waals surface area contributed by atoms with Gasteiger partial charge < -0.3 is 15.1 Å². The molecule has 1 rings (SSSR count). The van der Waals surface area contributed by atoms with Gasteiger partial charge in [0.2, 0.25) is 5.91 Å². The van der Waals surface area contributed by atoms with E-state index in [0.717, 1.165) is 30.5 Å². The fourth-order valence-electron chi connectivity index (χ4n) is 1.79. The van der Waals surface area contributed by atoms with Gasteiger partial charge in [-0.1, -0.05) is 6.07 Å². The van der Waals surface area contributed by atoms with Crippen molar-refractivity contribution in [1.82, 2.24) is 5.32 Å². The van der Waals surface area contributed by atoms with E-state index in [-0.39, 0.29) is 5.91 Å². The van der Waals surface area contributed by atoms with Gasteiger partial charge in [0.15, 0.2) is 0 Å². The largest absolute Gasteiger partial charge is 0.431 e. The second-order valence-corrected chi connectivity index (χ2v) is 5.15. The molecule has 1 aromatic rings. The molecular formula is C17H24N2O3. The number of hydrogen-bond donors (Lipinski definition) is 2. The molecule has 1 heterocycles. The Labute approximate surface area is 131 Å². The summed E-state index contributed by atoms with van der Waals surface area (Å²) in [4.78, 5) is 23.4. The summed E-state index contributed by atoms with van der Waals surface area (Å²) in [6, 6.07) is 6.68. The number of carbonyl (C=O) groups excluding carboxylic acids is 1. The summed E-state index contributed by atoms with van der Waals surface area (Å²) < 4.78 is 4.94. The molecule has 0 aromatic carbocycles. The fourth-order valence-corrected chi connectivity index (χ4v) is 1.79. The first kappa shape index (κ1) is 17.9. The zero-order chi connectivity index (χ0) is 16.4. The third-order valence-electron chi connectivity index (χ3n) is 3.27. The zero-order valence-corrected chi connectivity index (χ0v) is 13.4. The predicted molar refractivity (Wildman–Crippen MR) is 88.5 cm³/mol. The zero-order valence-electron chi connectivity index (χ0n) is 13.4. The van der Waals surface area contributed by atoms with Crippen LogP contribution in [0.15, 0.2) is 39.7 Å². The lowest BCUT2D eigenvalue weighted by molar-refractivity contribution is -0.116. The van der Waals surface area contributed by atoms with E-state index in [1.165, 1.54) is 12.3 Å². The van der Waals surface area contributed by atoms with Gasteiger partial charge in [-0.2, -0.15) is 0 Å². The summed E-state index contributed by atoms with van der Waals surface area (Å²) in [7, 11) is 1.89. The molecule has 0 aliphatic rings. The van der Waals surface area contributed by atoms with Crippen LogP contribution < -0.4 is 16.3 Å². The lowest BCUT2D eigenvalue weighted by Gasteiger charge is -2.04. The molecule has 22 heavy (non-hydrogen) atoms. The Kier molecular flexibility index (Phi) is 7.92. The van der Waals surface area contributed by atoms with Crippen LogP contribution in [0.4, 0.5) is 5.69 Å². The standard InChI is InChI=1S/C17H24N2O3/c1-13-7-8-15(9-11-22-17(21)12-14(13)2)19-16(20)6-4-5-10-18-3/h7-9,11-12,18H,4-6,10H2,1-3H3,(H,19,20). The number of rotatable bonds is 6. The van der Waals surface area contributed by atoms with Crippen LogP contribution in [0.25, 0.3) is 0 Å². The van der Waals surface area contributed by atoms with Crippen LogP contribution in [0.2, 0.25) is 0 Å². The van der Waals surface area contributed by atoms with E-state index in [1.54, 1.807) is 12.1 Å². The van der Waals surface area contributed by atoms with E-state index in [2.05, 4.69) is 10.6 Å². The average Bonchev–Trinajstić information content (AvgIpc) is 2.47. The quantitative estimate of drug-likeness (QED) is 0.793. The van der Waals surface area contributed by atoms with Crippen molar-refractivity contribution in [3.8, 4) is 0 Å². The lowest BCUT2D eigenvalue weighted by atomic mass is 10.2. The molecule has 0 atom stereocenters. The Morgan fingerprint density at radius 3 is 2.64 bits per heavy atom. The number of amides is 1. The van der Waals surface area contributed by atoms with Crippen molar-refractivity contribution in [3.63, 3.8) is 0 Å². The molecule has 2 N–H and O–H groups in total. The van der Waals surface area contributed by atoms with Gasteiger partial charge in [-0.25, -0.2) is 4.79 Å². The van der Waals surface area contributed by atoms with Crippen LogP contribution >= 0.6 is 0 Å². The molecule has 0 unspecified atom stereocenters. The monoisotopic (exact) mass is 304 g/mol. The molecule has 0 spiro atoms. The van der Waals surface area contributed by atoms with Crippen LogP contribution in [-0.4, -0.2) is 19.5 Å². The number of carbonyl (C=O) groups is 1. The first-order valence-electron chi connectivity index (χ1n) is 7.42. The summed E-state index contributed by atoms with van der Waals surface area (Å²) in [5.41, 5.74) is 1.93. The Morgan fingerprint density at radius 1 is 1.14 bits per heavy atom. The van der Waals surface area contributed by atoms with Gasteiger partial charge in [-0.15, -0.1) is 0 Å². The molecule has 120 valence electrons. The maximum Gasteiger partial charge on any atom is 0.335 e. The van der Waals surface area contributed by atoms with E-state index >= 15 is 0 Å². The van der Waals surface area contributed by atoms with Crippen LogP contribution in [0.3, 0.4) is 0 Å². The van der Waals surface area contributed by atoms with Gasteiger partial charge >= 0.3 is 5.63 Å². The number of aryl methyl sites for hydroxylation is 2. The molecule has 0 aliphatic heterocycles. The smallest absolute Gasteiger partial charge is 0.335 e. The van der Waals surface area contributed by atoms with E-state index in [0.29, 0.717) is 12.1 Å². The molecule has 0 fully saturated rings. The van der Waals surface area contributed by atoms with E-state index in [4.69, 9.17) is 4.42 Å². The first-order chi connectivity index (χ1) is 10.5. The van der Waals surface area contributed by atoms with Gasteiger partial charge in [-0.3, -0.25) is 4.79 Å². The second-order valence-electron chi connectivity index (χ2n) is 5.15. The third kappa shape index (κ3) is 7.04. The molecule has 5 heteroatoms. The van der Waals surface area contributed by atoms with Crippen molar-refractivity contribution in [2.24, 2.45) is 0 Å². The van der Waals surface area contributed by atoms with Crippen molar-refractivity contribution in [2.75, 3.05) is 18.9 Å². The van der Waals surface area contributed by atoms with E-state index < -0.39 is 5.63 Å². The average molecular weight is 304 g/mol. The van der Waals surface area contributed by atoms with Crippen LogP contribution in [0.5, 0.6) is 0 Å². The fraction of sp³-hybridized carbons (Fsp3) is 0.412. The minimum Gasteiger partial charge on any atom is -0.431 e.